The Morgan fingerprint density at radius 1 is 1.26 bits per heavy atom. The summed E-state index contributed by atoms with van der Waals surface area (Å²) >= 11 is 3.52. The first-order valence-electron chi connectivity index (χ1n) is 6.12. The van der Waals surface area contributed by atoms with Crippen molar-refractivity contribution in [1.82, 2.24) is 9.97 Å². The van der Waals surface area contributed by atoms with Gasteiger partial charge in [-0.05, 0) is 42.3 Å². The molecule has 4 heteroatoms. The average molecular weight is 316 g/mol. The minimum absolute atomic E-state index is 0.499. The van der Waals surface area contributed by atoms with Gasteiger partial charge in [0.1, 0.15) is 5.82 Å². The standard InChI is InChI=1S/C15H14BrN3/c1-9-5-11(7-12(16)6-9)15-18-13-4-2-3-10(8-17)14(13)19-15/h2-7H,8,17H2,1H3,(H,18,19). The second kappa shape index (κ2) is 4.79. The van der Waals surface area contributed by atoms with Gasteiger partial charge >= 0.3 is 0 Å². The van der Waals surface area contributed by atoms with Crippen LogP contribution in [0.15, 0.2) is 40.9 Å². The van der Waals surface area contributed by atoms with E-state index < -0.39 is 0 Å². The molecular formula is C15H14BrN3. The van der Waals surface area contributed by atoms with E-state index in [-0.39, 0.29) is 0 Å². The number of aromatic amines is 1. The van der Waals surface area contributed by atoms with Gasteiger partial charge in [0.15, 0.2) is 0 Å². The number of rotatable bonds is 2. The van der Waals surface area contributed by atoms with Gasteiger partial charge in [-0.15, -0.1) is 0 Å². The molecule has 1 heterocycles. The smallest absolute Gasteiger partial charge is 0.138 e. The number of H-pyrrole nitrogens is 1. The van der Waals surface area contributed by atoms with E-state index in [1.807, 2.05) is 18.2 Å². The van der Waals surface area contributed by atoms with E-state index in [0.717, 1.165) is 32.5 Å². The normalized spacial score (nSPS) is 11.1. The molecule has 0 saturated carbocycles. The maximum absolute atomic E-state index is 5.75. The quantitative estimate of drug-likeness (QED) is 0.756. The Kier molecular flexibility index (Phi) is 3.12. The molecule has 3 N–H and O–H groups in total. The van der Waals surface area contributed by atoms with Crippen LogP contribution in [0.5, 0.6) is 0 Å². The van der Waals surface area contributed by atoms with Crippen LogP contribution in [0.3, 0.4) is 0 Å². The van der Waals surface area contributed by atoms with Gasteiger partial charge < -0.3 is 10.7 Å². The molecule has 0 fully saturated rings. The SMILES string of the molecule is Cc1cc(Br)cc(-c2nc3c(CN)cccc3[nH]2)c1. The molecule has 0 aliphatic heterocycles. The van der Waals surface area contributed by atoms with Crippen LogP contribution < -0.4 is 5.73 Å². The Morgan fingerprint density at radius 3 is 2.84 bits per heavy atom. The van der Waals surface area contributed by atoms with Crippen molar-refractivity contribution in [3.63, 3.8) is 0 Å². The number of aromatic nitrogens is 2. The molecule has 3 nitrogen and oxygen atoms in total. The summed E-state index contributed by atoms with van der Waals surface area (Å²) < 4.78 is 1.06. The molecule has 0 spiro atoms. The number of fused-ring (bicyclic) bond motifs is 1. The number of hydrogen-bond donors (Lipinski definition) is 2. The summed E-state index contributed by atoms with van der Waals surface area (Å²) in [6.07, 6.45) is 0. The van der Waals surface area contributed by atoms with Gasteiger partial charge in [0, 0.05) is 16.6 Å². The summed E-state index contributed by atoms with van der Waals surface area (Å²) in [5.41, 5.74) is 11.1. The molecule has 0 saturated heterocycles. The van der Waals surface area contributed by atoms with Gasteiger partial charge in [-0.2, -0.15) is 0 Å². The third-order valence-corrected chi connectivity index (χ3v) is 3.59. The van der Waals surface area contributed by atoms with Crippen molar-refractivity contribution in [2.24, 2.45) is 5.73 Å². The largest absolute Gasteiger partial charge is 0.338 e. The summed E-state index contributed by atoms with van der Waals surface area (Å²) in [7, 11) is 0. The number of para-hydroxylation sites is 1. The highest BCUT2D eigenvalue weighted by molar-refractivity contribution is 9.10. The van der Waals surface area contributed by atoms with Crippen molar-refractivity contribution in [2.45, 2.75) is 13.5 Å². The number of nitrogens with one attached hydrogen (secondary N) is 1. The zero-order chi connectivity index (χ0) is 13.4. The second-order valence-electron chi connectivity index (χ2n) is 4.62. The Morgan fingerprint density at radius 2 is 2.11 bits per heavy atom. The summed E-state index contributed by atoms with van der Waals surface area (Å²) in [5.74, 6) is 0.875. The molecule has 3 rings (SSSR count). The van der Waals surface area contributed by atoms with Gasteiger partial charge in [-0.3, -0.25) is 0 Å². The third-order valence-electron chi connectivity index (χ3n) is 3.13. The van der Waals surface area contributed by atoms with Crippen molar-refractivity contribution in [1.29, 1.82) is 0 Å². The number of aryl methyl sites for hydroxylation is 1. The van der Waals surface area contributed by atoms with Crippen LogP contribution in [-0.2, 0) is 6.54 Å². The molecule has 0 radical (unpaired) electrons. The number of imidazole rings is 1. The number of nitrogens with zero attached hydrogens (tertiary/aromatic N) is 1. The number of halogens is 1. The summed E-state index contributed by atoms with van der Waals surface area (Å²) in [6.45, 7) is 2.57. The molecule has 0 atom stereocenters. The van der Waals surface area contributed by atoms with Crippen LogP contribution in [0.2, 0.25) is 0 Å². The van der Waals surface area contributed by atoms with Crippen molar-refractivity contribution < 1.29 is 0 Å². The molecular weight excluding hydrogens is 302 g/mol. The lowest BCUT2D eigenvalue weighted by atomic mass is 10.1. The lowest BCUT2D eigenvalue weighted by Crippen LogP contribution is -1.96. The molecule has 0 bridgehead atoms. The molecule has 19 heavy (non-hydrogen) atoms. The predicted octanol–water partition coefficient (Wildman–Crippen LogP) is 3.76. The minimum Gasteiger partial charge on any atom is -0.338 e. The fourth-order valence-electron chi connectivity index (χ4n) is 2.27. The summed E-state index contributed by atoms with van der Waals surface area (Å²) in [6, 6.07) is 12.3. The zero-order valence-corrected chi connectivity index (χ0v) is 12.2. The molecule has 0 amide bonds. The highest BCUT2D eigenvalue weighted by Crippen LogP contribution is 2.26. The highest BCUT2D eigenvalue weighted by Gasteiger charge is 2.08. The van der Waals surface area contributed by atoms with Crippen molar-refractivity contribution in [2.75, 3.05) is 0 Å². The van der Waals surface area contributed by atoms with Gasteiger partial charge in [-0.1, -0.05) is 28.1 Å². The predicted molar refractivity (Wildman–Crippen MR) is 81.9 cm³/mol. The van der Waals surface area contributed by atoms with E-state index in [1.54, 1.807) is 0 Å². The van der Waals surface area contributed by atoms with Crippen LogP contribution in [0.1, 0.15) is 11.1 Å². The number of hydrogen-bond acceptors (Lipinski definition) is 2. The second-order valence-corrected chi connectivity index (χ2v) is 5.54. The van der Waals surface area contributed by atoms with Crippen molar-refractivity contribution in [3.8, 4) is 11.4 Å². The van der Waals surface area contributed by atoms with Crippen LogP contribution >= 0.6 is 15.9 Å². The monoisotopic (exact) mass is 315 g/mol. The number of nitrogens with two attached hydrogens (primary N) is 1. The lowest BCUT2D eigenvalue weighted by molar-refractivity contribution is 1.08. The van der Waals surface area contributed by atoms with Gasteiger partial charge in [0.25, 0.3) is 0 Å². The van der Waals surface area contributed by atoms with E-state index in [1.165, 1.54) is 5.56 Å². The Hall–Kier alpha value is -1.65. The van der Waals surface area contributed by atoms with Crippen LogP contribution in [-0.4, -0.2) is 9.97 Å². The fourth-order valence-corrected chi connectivity index (χ4v) is 2.87. The van der Waals surface area contributed by atoms with E-state index in [4.69, 9.17) is 5.73 Å². The molecule has 0 aliphatic carbocycles. The Labute approximate surface area is 120 Å². The minimum atomic E-state index is 0.499. The van der Waals surface area contributed by atoms with E-state index in [0.29, 0.717) is 6.54 Å². The number of benzene rings is 2. The maximum atomic E-state index is 5.75. The fraction of sp³-hybridized carbons (Fsp3) is 0.133. The first-order chi connectivity index (χ1) is 9.17. The first-order valence-corrected chi connectivity index (χ1v) is 6.92. The summed E-state index contributed by atoms with van der Waals surface area (Å²) in [4.78, 5) is 8.03. The third kappa shape index (κ3) is 2.29. The van der Waals surface area contributed by atoms with Gasteiger partial charge in [0.2, 0.25) is 0 Å². The molecule has 2 aromatic carbocycles. The van der Waals surface area contributed by atoms with Crippen LogP contribution in [0, 0.1) is 6.92 Å². The van der Waals surface area contributed by atoms with Gasteiger partial charge in [-0.25, -0.2) is 4.98 Å². The first kappa shape index (κ1) is 12.4. The lowest BCUT2D eigenvalue weighted by Gasteiger charge is -2.00. The average Bonchev–Trinajstić information content (AvgIpc) is 2.81. The molecule has 1 aromatic heterocycles. The summed E-state index contributed by atoms with van der Waals surface area (Å²) in [5, 5.41) is 0. The zero-order valence-electron chi connectivity index (χ0n) is 10.6. The van der Waals surface area contributed by atoms with Gasteiger partial charge in [0.05, 0.1) is 11.0 Å². The van der Waals surface area contributed by atoms with Crippen LogP contribution in [0.4, 0.5) is 0 Å². The van der Waals surface area contributed by atoms with E-state index >= 15 is 0 Å². The Balaban J connectivity index is 2.20. The molecule has 0 aliphatic rings. The van der Waals surface area contributed by atoms with E-state index in [2.05, 4.69) is 51.0 Å². The molecule has 3 aromatic rings. The maximum Gasteiger partial charge on any atom is 0.138 e. The van der Waals surface area contributed by atoms with Crippen molar-refractivity contribution in [3.05, 3.63) is 52.0 Å². The molecule has 0 unspecified atom stereocenters. The van der Waals surface area contributed by atoms with E-state index in [9.17, 15) is 0 Å². The highest BCUT2D eigenvalue weighted by atomic mass is 79.9. The topological polar surface area (TPSA) is 54.7 Å². The Bertz CT molecular complexity index is 726. The van der Waals surface area contributed by atoms with Crippen molar-refractivity contribution >= 4 is 27.0 Å². The van der Waals surface area contributed by atoms with Crippen LogP contribution in [0.25, 0.3) is 22.4 Å². The molecule has 96 valence electrons.